The van der Waals surface area contributed by atoms with E-state index in [1.54, 1.807) is 6.07 Å². The number of sulfonamides is 1. The summed E-state index contributed by atoms with van der Waals surface area (Å²) in [7, 11) is -3.92. The Balaban J connectivity index is 1.58. The summed E-state index contributed by atoms with van der Waals surface area (Å²) < 4.78 is 43.7. The molecule has 0 saturated heterocycles. The van der Waals surface area contributed by atoms with Crippen LogP contribution >= 0.6 is 0 Å². The minimum atomic E-state index is -4.00. The van der Waals surface area contributed by atoms with E-state index in [4.69, 9.17) is 4.52 Å². The fourth-order valence-electron chi connectivity index (χ4n) is 3.75. The number of aliphatic hydroxyl groups is 1. The van der Waals surface area contributed by atoms with Gasteiger partial charge in [-0.25, -0.2) is 8.42 Å². The highest BCUT2D eigenvalue weighted by Gasteiger charge is 2.37. The number of carbonyl (C=O) groups excluding carboxylic acids is 1. The average Bonchev–Trinajstić information content (AvgIpc) is 3.24. The highest BCUT2D eigenvalue weighted by molar-refractivity contribution is 7.89. The van der Waals surface area contributed by atoms with Gasteiger partial charge >= 0.3 is 0 Å². The number of unbranched alkanes of at least 4 members (excludes halogenated alkanes) is 6. The Morgan fingerprint density at radius 3 is 2.56 bits per heavy atom. The molecule has 2 heterocycles. The van der Waals surface area contributed by atoms with Gasteiger partial charge in [0.1, 0.15) is 0 Å². The molecule has 186 valence electrons. The molecule has 1 aromatic carbocycles. The summed E-state index contributed by atoms with van der Waals surface area (Å²) in [6, 6.07) is 7.35. The Bertz CT molecular complexity index is 1170. The predicted molar refractivity (Wildman–Crippen MR) is 131 cm³/mol. The highest BCUT2D eigenvalue weighted by atomic mass is 32.2. The molecular weight excluding hydrogens is 478 g/mol. The number of rotatable bonds is 12. The zero-order valence-electron chi connectivity index (χ0n) is 19.5. The van der Waals surface area contributed by atoms with Crippen LogP contribution in [0.25, 0.3) is 5.76 Å². The molecule has 0 radical (unpaired) electrons. The van der Waals surface area contributed by atoms with Crippen LogP contribution in [-0.4, -0.2) is 45.9 Å². The summed E-state index contributed by atoms with van der Waals surface area (Å²) in [5, 5.41) is 16.8. The van der Waals surface area contributed by atoms with E-state index in [1.165, 1.54) is 57.0 Å². The molecule has 2 N–H and O–H groups in total. The minimum Gasteiger partial charge on any atom is -0.505 e. The molecule has 3 rings (SSSR count). The molecule has 0 bridgehead atoms. The summed E-state index contributed by atoms with van der Waals surface area (Å²) in [5.41, 5.74) is -0.377. The number of carbonyl (C=O) groups is 1. The average molecular weight is 510 g/mol. The number of likely N-dealkylation sites (N-methyl/N-ethyl adjacent to an activating group) is 1. The second-order valence-electron chi connectivity index (χ2n) is 8.21. The van der Waals surface area contributed by atoms with Crippen LogP contribution in [0.4, 0.5) is 5.82 Å². The number of fused-ring (bicyclic) bond motifs is 1. The SMILES string of the molecule is CCCCCCCCCS(=O)Cc1cc(NC(=O)C2=C(O)c3ccccc3S(=O)(=O)N2C)no1. The van der Waals surface area contributed by atoms with Crippen molar-refractivity contribution in [3.05, 3.63) is 47.4 Å². The van der Waals surface area contributed by atoms with Gasteiger partial charge in [-0.3, -0.25) is 13.3 Å². The van der Waals surface area contributed by atoms with E-state index in [1.807, 2.05) is 0 Å². The standard InChI is InChI=1S/C23H31N3O6S2/c1-3-4-5-6-7-8-11-14-33(29)16-17-15-20(25-32-17)24-23(28)21-22(27)18-12-9-10-13-19(18)34(30,31)26(21)2/h9-10,12-13,15,27H,3-8,11,14,16H2,1-2H3,(H,24,25,28). The van der Waals surface area contributed by atoms with E-state index in [0.717, 1.165) is 23.6 Å². The van der Waals surface area contributed by atoms with Gasteiger partial charge in [-0.05, 0) is 18.6 Å². The quantitative estimate of drug-likeness (QED) is 0.411. The van der Waals surface area contributed by atoms with Gasteiger partial charge < -0.3 is 14.9 Å². The number of hydrogen-bond donors (Lipinski definition) is 2. The first-order chi connectivity index (χ1) is 16.3. The molecule has 1 unspecified atom stereocenters. The first-order valence-electron chi connectivity index (χ1n) is 11.4. The van der Waals surface area contributed by atoms with Crippen molar-refractivity contribution in [1.82, 2.24) is 9.46 Å². The van der Waals surface area contributed by atoms with Crippen molar-refractivity contribution in [1.29, 1.82) is 0 Å². The zero-order valence-corrected chi connectivity index (χ0v) is 21.1. The third kappa shape index (κ3) is 6.06. The number of benzene rings is 1. The van der Waals surface area contributed by atoms with Crippen LogP contribution in [0.5, 0.6) is 0 Å². The number of anilines is 1. The van der Waals surface area contributed by atoms with Crippen molar-refractivity contribution in [2.75, 3.05) is 18.1 Å². The summed E-state index contributed by atoms with van der Waals surface area (Å²) in [5.74, 6) is -0.178. The van der Waals surface area contributed by atoms with Crippen LogP contribution in [0.2, 0.25) is 0 Å². The molecule has 2 aromatic rings. The van der Waals surface area contributed by atoms with E-state index >= 15 is 0 Å². The molecule has 1 amide bonds. The fraction of sp³-hybridized carbons (Fsp3) is 0.478. The third-order valence-electron chi connectivity index (χ3n) is 5.61. The molecule has 34 heavy (non-hydrogen) atoms. The molecule has 1 aromatic heterocycles. The largest absolute Gasteiger partial charge is 0.505 e. The number of nitrogens with zero attached hydrogens (tertiary/aromatic N) is 2. The van der Waals surface area contributed by atoms with Gasteiger partial charge in [-0.2, -0.15) is 0 Å². The Kier molecular flexibility index (Phi) is 8.90. The van der Waals surface area contributed by atoms with E-state index in [2.05, 4.69) is 17.4 Å². The van der Waals surface area contributed by atoms with Gasteiger partial charge in [-0.15, -0.1) is 0 Å². The maximum atomic E-state index is 12.8. The number of nitrogens with one attached hydrogen (secondary N) is 1. The van der Waals surface area contributed by atoms with E-state index in [-0.39, 0.29) is 22.0 Å². The van der Waals surface area contributed by atoms with Crippen LogP contribution < -0.4 is 5.32 Å². The molecule has 0 aliphatic carbocycles. The Labute approximate surface area is 202 Å². The van der Waals surface area contributed by atoms with Crippen molar-refractivity contribution in [3.8, 4) is 0 Å². The van der Waals surface area contributed by atoms with Crippen molar-refractivity contribution in [2.45, 2.75) is 62.5 Å². The molecule has 11 heteroatoms. The zero-order chi connectivity index (χ0) is 24.7. The molecule has 0 fully saturated rings. The fourth-order valence-corrected chi connectivity index (χ4v) is 6.27. The molecule has 0 spiro atoms. The van der Waals surface area contributed by atoms with Crippen molar-refractivity contribution in [3.63, 3.8) is 0 Å². The van der Waals surface area contributed by atoms with Crippen LogP contribution in [0, 0.1) is 0 Å². The lowest BCUT2D eigenvalue weighted by molar-refractivity contribution is -0.113. The summed E-state index contributed by atoms with van der Waals surface area (Å²) in [6.07, 6.45) is 8.00. The third-order valence-corrected chi connectivity index (χ3v) is 8.78. The molecule has 1 aliphatic rings. The molecule has 9 nitrogen and oxygen atoms in total. The minimum absolute atomic E-state index is 0.0397. The smallest absolute Gasteiger partial charge is 0.278 e. The van der Waals surface area contributed by atoms with Crippen LogP contribution in [0.15, 0.2) is 45.4 Å². The first kappa shape index (κ1) is 26.0. The van der Waals surface area contributed by atoms with E-state index in [0.29, 0.717) is 11.5 Å². The molecular formula is C23H31N3O6S2. The predicted octanol–water partition coefficient (Wildman–Crippen LogP) is 4.17. The maximum absolute atomic E-state index is 12.8. The topological polar surface area (TPSA) is 130 Å². The van der Waals surface area contributed by atoms with Gasteiger partial charge in [0, 0.05) is 35.2 Å². The molecule has 0 saturated carbocycles. The number of amides is 1. The second-order valence-corrected chi connectivity index (χ2v) is 11.7. The number of aliphatic hydroxyl groups excluding tert-OH is 1. The Morgan fingerprint density at radius 2 is 1.82 bits per heavy atom. The van der Waals surface area contributed by atoms with Gasteiger partial charge in [0.15, 0.2) is 23.0 Å². The molecule has 1 atom stereocenters. The highest BCUT2D eigenvalue weighted by Crippen LogP contribution is 2.34. The molecule has 1 aliphatic heterocycles. The van der Waals surface area contributed by atoms with Crippen LogP contribution in [0.1, 0.15) is 63.2 Å². The maximum Gasteiger partial charge on any atom is 0.278 e. The lowest BCUT2D eigenvalue weighted by Crippen LogP contribution is -2.37. The van der Waals surface area contributed by atoms with Crippen molar-refractivity contribution in [2.24, 2.45) is 0 Å². The second kappa shape index (κ2) is 11.7. The number of aromatic nitrogens is 1. The van der Waals surface area contributed by atoms with Crippen LogP contribution in [-0.2, 0) is 31.4 Å². The first-order valence-corrected chi connectivity index (χ1v) is 14.3. The summed E-state index contributed by atoms with van der Waals surface area (Å²) in [4.78, 5) is 12.7. The Hall–Kier alpha value is -2.66. The van der Waals surface area contributed by atoms with E-state index in [9.17, 15) is 22.5 Å². The lowest BCUT2D eigenvalue weighted by Gasteiger charge is -2.28. The van der Waals surface area contributed by atoms with Gasteiger partial charge in [0.2, 0.25) is 0 Å². The van der Waals surface area contributed by atoms with Crippen molar-refractivity contribution >= 4 is 38.3 Å². The van der Waals surface area contributed by atoms with Crippen LogP contribution in [0.3, 0.4) is 0 Å². The summed E-state index contributed by atoms with van der Waals surface area (Å²) >= 11 is 0. The number of hydrogen-bond acceptors (Lipinski definition) is 7. The van der Waals surface area contributed by atoms with E-state index < -0.39 is 38.2 Å². The van der Waals surface area contributed by atoms with Gasteiger partial charge in [0.05, 0.1) is 10.6 Å². The Morgan fingerprint density at radius 1 is 1.15 bits per heavy atom. The van der Waals surface area contributed by atoms with Gasteiger partial charge in [0.25, 0.3) is 15.9 Å². The normalized spacial score (nSPS) is 15.8. The monoisotopic (exact) mass is 509 g/mol. The lowest BCUT2D eigenvalue weighted by atomic mass is 10.1. The van der Waals surface area contributed by atoms with Gasteiger partial charge in [-0.1, -0.05) is 62.7 Å². The summed E-state index contributed by atoms with van der Waals surface area (Å²) in [6.45, 7) is 2.18. The van der Waals surface area contributed by atoms with Crippen molar-refractivity contribution < 1.29 is 27.1 Å².